The maximum absolute atomic E-state index is 4.65. The highest BCUT2D eigenvalue weighted by Gasteiger charge is 2.18. The number of hydrogen-bond donors (Lipinski definition) is 2. The predicted octanol–water partition coefficient (Wildman–Crippen LogP) is 2.28. The first-order valence-corrected chi connectivity index (χ1v) is 7.63. The Balaban J connectivity index is 1.66. The molecule has 1 saturated heterocycles. The van der Waals surface area contributed by atoms with E-state index in [0.717, 1.165) is 31.0 Å². The average molecular weight is 285 g/mol. The summed E-state index contributed by atoms with van der Waals surface area (Å²) in [4.78, 5) is 6.75. The van der Waals surface area contributed by atoms with E-state index in [1.54, 1.807) is 0 Å². The molecule has 112 valence electrons. The molecule has 2 aromatic rings. The number of rotatable bonds is 4. The highest BCUT2D eigenvalue weighted by atomic mass is 15.2. The van der Waals surface area contributed by atoms with Gasteiger partial charge in [-0.15, -0.1) is 0 Å². The van der Waals surface area contributed by atoms with Crippen LogP contribution in [0.5, 0.6) is 0 Å². The first-order chi connectivity index (χ1) is 10.2. The second-order valence-electron chi connectivity index (χ2n) is 5.88. The van der Waals surface area contributed by atoms with Gasteiger partial charge in [0.05, 0.1) is 6.04 Å². The van der Waals surface area contributed by atoms with Gasteiger partial charge in [0.1, 0.15) is 5.82 Å². The molecule has 0 saturated carbocycles. The third kappa shape index (κ3) is 3.42. The lowest BCUT2D eigenvalue weighted by Crippen LogP contribution is -2.27. The van der Waals surface area contributed by atoms with Gasteiger partial charge in [-0.3, -0.25) is 5.10 Å². The Morgan fingerprint density at radius 1 is 1.19 bits per heavy atom. The zero-order chi connectivity index (χ0) is 14.7. The molecule has 0 spiro atoms. The fourth-order valence-electron chi connectivity index (χ4n) is 2.72. The number of piperidine rings is 1. The summed E-state index contributed by atoms with van der Waals surface area (Å²) >= 11 is 0. The van der Waals surface area contributed by atoms with Crippen LogP contribution in [0.15, 0.2) is 24.3 Å². The molecule has 0 radical (unpaired) electrons. The monoisotopic (exact) mass is 285 g/mol. The van der Waals surface area contributed by atoms with Crippen LogP contribution in [0.4, 0.5) is 5.69 Å². The van der Waals surface area contributed by atoms with Crippen LogP contribution in [-0.2, 0) is 6.42 Å². The SMILES string of the molecule is CN(C)c1ccc(Cc2nc(C3CCCCN3)n[nH]2)cc1. The Bertz CT molecular complexity index is 567. The van der Waals surface area contributed by atoms with Gasteiger partial charge in [0.25, 0.3) is 0 Å². The first kappa shape index (κ1) is 14.1. The molecule has 0 bridgehead atoms. The number of aromatic amines is 1. The molecule has 1 aromatic heterocycles. The van der Waals surface area contributed by atoms with Gasteiger partial charge in [-0.1, -0.05) is 18.6 Å². The van der Waals surface area contributed by atoms with E-state index in [2.05, 4.69) is 63.8 Å². The zero-order valence-corrected chi connectivity index (χ0v) is 12.8. The third-order valence-electron chi connectivity index (χ3n) is 4.00. The normalized spacial score (nSPS) is 18.7. The summed E-state index contributed by atoms with van der Waals surface area (Å²) in [5.74, 6) is 1.85. The van der Waals surface area contributed by atoms with Crippen molar-refractivity contribution in [3.8, 4) is 0 Å². The molecule has 1 unspecified atom stereocenters. The minimum Gasteiger partial charge on any atom is -0.378 e. The van der Waals surface area contributed by atoms with Crippen molar-refractivity contribution in [1.82, 2.24) is 20.5 Å². The van der Waals surface area contributed by atoms with Crippen molar-refractivity contribution in [3.63, 3.8) is 0 Å². The Morgan fingerprint density at radius 2 is 2.00 bits per heavy atom. The lowest BCUT2D eigenvalue weighted by atomic mass is 10.0. The van der Waals surface area contributed by atoms with Crippen LogP contribution in [0, 0.1) is 0 Å². The molecule has 0 amide bonds. The number of hydrogen-bond acceptors (Lipinski definition) is 4. The van der Waals surface area contributed by atoms with Crippen LogP contribution >= 0.6 is 0 Å². The molecule has 21 heavy (non-hydrogen) atoms. The molecule has 5 heteroatoms. The fraction of sp³-hybridized carbons (Fsp3) is 0.500. The smallest absolute Gasteiger partial charge is 0.167 e. The highest BCUT2D eigenvalue weighted by Crippen LogP contribution is 2.20. The second-order valence-corrected chi connectivity index (χ2v) is 5.88. The Hall–Kier alpha value is -1.88. The Morgan fingerprint density at radius 3 is 2.67 bits per heavy atom. The van der Waals surface area contributed by atoms with Gasteiger partial charge in [0.15, 0.2) is 5.82 Å². The third-order valence-corrected chi connectivity index (χ3v) is 4.00. The number of anilines is 1. The molecule has 2 N–H and O–H groups in total. The molecule has 0 aliphatic carbocycles. The van der Waals surface area contributed by atoms with Gasteiger partial charge < -0.3 is 10.2 Å². The molecule has 1 atom stereocenters. The van der Waals surface area contributed by atoms with E-state index in [0.29, 0.717) is 6.04 Å². The Kier molecular flexibility index (Phi) is 4.20. The molecular formula is C16H23N5. The highest BCUT2D eigenvalue weighted by molar-refractivity contribution is 5.46. The largest absolute Gasteiger partial charge is 0.378 e. The van der Waals surface area contributed by atoms with E-state index in [4.69, 9.17) is 0 Å². The summed E-state index contributed by atoms with van der Waals surface area (Å²) in [6, 6.07) is 8.89. The second kappa shape index (κ2) is 6.26. The predicted molar refractivity (Wildman–Crippen MR) is 84.6 cm³/mol. The lowest BCUT2D eigenvalue weighted by Gasteiger charge is -2.20. The number of nitrogens with zero attached hydrogens (tertiary/aromatic N) is 3. The summed E-state index contributed by atoms with van der Waals surface area (Å²) < 4.78 is 0. The number of nitrogens with one attached hydrogen (secondary N) is 2. The average Bonchev–Trinajstić information content (AvgIpc) is 2.97. The van der Waals surface area contributed by atoms with Crippen LogP contribution in [0.25, 0.3) is 0 Å². The summed E-state index contributed by atoms with van der Waals surface area (Å²) in [6.07, 6.45) is 4.45. The summed E-state index contributed by atoms with van der Waals surface area (Å²) in [5, 5.41) is 10.9. The molecule has 1 aliphatic heterocycles. The molecule has 2 heterocycles. The van der Waals surface area contributed by atoms with Crippen molar-refractivity contribution >= 4 is 5.69 Å². The number of H-pyrrole nitrogens is 1. The van der Waals surface area contributed by atoms with Crippen LogP contribution in [0.2, 0.25) is 0 Å². The van der Waals surface area contributed by atoms with Gasteiger partial charge in [-0.2, -0.15) is 5.10 Å². The van der Waals surface area contributed by atoms with Gasteiger partial charge in [-0.25, -0.2) is 4.98 Å². The molecule has 3 rings (SSSR count). The minimum atomic E-state index is 0.319. The zero-order valence-electron chi connectivity index (χ0n) is 12.8. The van der Waals surface area contributed by atoms with E-state index in [-0.39, 0.29) is 0 Å². The molecule has 5 nitrogen and oxygen atoms in total. The van der Waals surface area contributed by atoms with Crippen molar-refractivity contribution in [2.75, 3.05) is 25.5 Å². The molecule has 1 aromatic carbocycles. The van der Waals surface area contributed by atoms with Crippen LogP contribution in [0.1, 0.15) is 42.5 Å². The van der Waals surface area contributed by atoms with Crippen molar-refractivity contribution in [1.29, 1.82) is 0 Å². The summed E-state index contributed by atoms with van der Waals surface area (Å²) in [7, 11) is 4.10. The number of benzene rings is 1. The van der Waals surface area contributed by atoms with Gasteiger partial charge >= 0.3 is 0 Å². The summed E-state index contributed by atoms with van der Waals surface area (Å²) in [5.41, 5.74) is 2.46. The fourth-order valence-corrected chi connectivity index (χ4v) is 2.72. The Labute approximate surface area is 125 Å². The minimum absolute atomic E-state index is 0.319. The van der Waals surface area contributed by atoms with E-state index >= 15 is 0 Å². The molecule has 1 aliphatic rings. The van der Waals surface area contributed by atoms with Gasteiger partial charge in [-0.05, 0) is 37.1 Å². The summed E-state index contributed by atoms with van der Waals surface area (Å²) in [6.45, 7) is 1.07. The van der Waals surface area contributed by atoms with Crippen LogP contribution in [0.3, 0.4) is 0 Å². The van der Waals surface area contributed by atoms with E-state index < -0.39 is 0 Å². The standard InChI is InChI=1S/C16H23N5/c1-21(2)13-8-6-12(7-9-13)11-15-18-16(20-19-15)14-5-3-4-10-17-14/h6-9,14,17H,3-5,10-11H2,1-2H3,(H,18,19,20). The van der Waals surface area contributed by atoms with Crippen molar-refractivity contribution < 1.29 is 0 Å². The van der Waals surface area contributed by atoms with Gasteiger partial charge in [0.2, 0.25) is 0 Å². The van der Waals surface area contributed by atoms with Crippen molar-refractivity contribution in [3.05, 3.63) is 41.5 Å². The van der Waals surface area contributed by atoms with Crippen molar-refractivity contribution in [2.24, 2.45) is 0 Å². The lowest BCUT2D eigenvalue weighted by molar-refractivity contribution is 0.398. The maximum Gasteiger partial charge on any atom is 0.167 e. The maximum atomic E-state index is 4.65. The van der Waals surface area contributed by atoms with E-state index in [9.17, 15) is 0 Å². The van der Waals surface area contributed by atoms with Crippen LogP contribution in [-0.4, -0.2) is 35.8 Å². The van der Waals surface area contributed by atoms with Gasteiger partial charge in [0, 0.05) is 26.2 Å². The number of aromatic nitrogens is 3. The first-order valence-electron chi connectivity index (χ1n) is 7.63. The van der Waals surface area contributed by atoms with Crippen LogP contribution < -0.4 is 10.2 Å². The quantitative estimate of drug-likeness (QED) is 0.905. The van der Waals surface area contributed by atoms with Crippen molar-refractivity contribution in [2.45, 2.75) is 31.7 Å². The van der Waals surface area contributed by atoms with E-state index in [1.165, 1.54) is 24.1 Å². The molecular weight excluding hydrogens is 262 g/mol. The van der Waals surface area contributed by atoms with E-state index in [1.807, 2.05) is 0 Å². The topological polar surface area (TPSA) is 56.8 Å². The molecule has 1 fully saturated rings.